The number of hydrogen-bond acceptors (Lipinski definition) is 5. The second kappa shape index (κ2) is 8.47. The first-order chi connectivity index (χ1) is 10.7. The van der Waals surface area contributed by atoms with Crippen LogP contribution in [0.15, 0.2) is 0 Å². The van der Waals surface area contributed by atoms with E-state index in [4.69, 9.17) is 0 Å². The highest BCUT2D eigenvalue weighted by Crippen LogP contribution is 2.30. The standard InChI is InChI=1S/C16H31N3OS2/c1-22(20)14-6-4-12(5-7-14)15-10-17-11-16(19-15)18-9-13-3-2-8-21-13/h12-19H,2-11H2,1H3. The highest BCUT2D eigenvalue weighted by molar-refractivity contribution is 8.00. The minimum atomic E-state index is -0.634. The minimum absolute atomic E-state index is 0.415. The van der Waals surface area contributed by atoms with Gasteiger partial charge in [-0.05, 0) is 50.2 Å². The molecule has 1 saturated carbocycles. The molecule has 3 N–H and O–H groups in total. The first-order valence-electron chi connectivity index (χ1n) is 8.86. The van der Waals surface area contributed by atoms with Crippen molar-refractivity contribution < 1.29 is 4.21 Å². The molecular weight excluding hydrogens is 314 g/mol. The predicted octanol–water partition coefficient (Wildman–Crippen LogP) is 1.30. The van der Waals surface area contributed by atoms with Crippen LogP contribution >= 0.6 is 11.8 Å². The Morgan fingerprint density at radius 2 is 2.00 bits per heavy atom. The van der Waals surface area contributed by atoms with E-state index < -0.39 is 10.8 Å². The Hall–Kier alpha value is 0.380. The fourth-order valence-electron chi connectivity index (χ4n) is 4.10. The largest absolute Gasteiger partial charge is 0.312 e. The van der Waals surface area contributed by atoms with Gasteiger partial charge in [0.05, 0.1) is 6.17 Å². The van der Waals surface area contributed by atoms with Crippen LogP contribution in [0.4, 0.5) is 0 Å². The molecule has 3 rings (SSSR count). The Morgan fingerprint density at radius 3 is 2.68 bits per heavy atom. The van der Waals surface area contributed by atoms with Crippen LogP contribution in [0.5, 0.6) is 0 Å². The minimum Gasteiger partial charge on any atom is -0.312 e. The van der Waals surface area contributed by atoms with Gasteiger partial charge in [-0.2, -0.15) is 11.8 Å². The first-order valence-corrected chi connectivity index (χ1v) is 11.5. The van der Waals surface area contributed by atoms with Crippen molar-refractivity contribution in [3.63, 3.8) is 0 Å². The maximum absolute atomic E-state index is 11.6. The van der Waals surface area contributed by atoms with Gasteiger partial charge in [-0.15, -0.1) is 0 Å². The van der Waals surface area contributed by atoms with E-state index in [0.717, 1.165) is 43.6 Å². The summed E-state index contributed by atoms with van der Waals surface area (Å²) < 4.78 is 11.6. The fourth-order valence-corrected chi connectivity index (χ4v) is 6.25. The molecular formula is C16H31N3OS2. The fraction of sp³-hybridized carbons (Fsp3) is 1.00. The van der Waals surface area contributed by atoms with Crippen LogP contribution in [-0.4, -0.2) is 58.6 Å². The van der Waals surface area contributed by atoms with Crippen LogP contribution in [0.2, 0.25) is 0 Å². The van der Waals surface area contributed by atoms with Gasteiger partial charge in [-0.3, -0.25) is 14.8 Å². The number of rotatable bonds is 5. The van der Waals surface area contributed by atoms with Crippen molar-refractivity contribution in [3.05, 3.63) is 0 Å². The van der Waals surface area contributed by atoms with Crippen LogP contribution < -0.4 is 16.0 Å². The molecule has 2 aliphatic heterocycles. The molecule has 128 valence electrons. The van der Waals surface area contributed by atoms with Crippen molar-refractivity contribution in [2.75, 3.05) is 31.6 Å². The van der Waals surface area contributed by atoms with Gasteiger partial charge in [0.25, 0.3) is 0 Å². The van der Waals surface area contributed by atoms with Crippen LogP contribution in [0, 0.1) is 5.92 Å². The van der Waals surface area contributed by atoms with Gasteiger partial charge in [-0.1, -0.05) is 0 Å². The third-order valence-electron chi connectivity index (χ3n) is 5.50. The van der Waals surface area contributed by atoms with E-state index >= 15 is 0 Å². The van der Waals surface area contributed by atoms with Gasteiger partial charge in [0, 0.05) is 53.2 Å². The quantitative estimate of drug-likeness (QED) is 0.701. The number of hydrogen-bond donors (Lipinski definition) is 3. The van der Waals surface area contributed by atoms with E-state index in [1.807, 2.05) is 6.26 Å². The van der Waals surface area contributed by atoms with E-state index in [-0.39, 0.29) is 0 Å². The van der Waals surface area contributed by atoms with E-state index in [1.165, 1.54) is 31.4 Å². The van der Waals surface area contributed by atoms with Crippen molar-refractivity contribution in [2.45, 2.75) is 61.2 Å². The van der Waals surface area contributed by atoms with E-state index in [2.05, 4.69) is 27.7 Å². The van der Waals surface area contributed by atoms with Crippen molar-refractivity contribution in [1.29, 1.82) is 0 Å². The summed E-state index contributed by atoms with van der Waals surface area (Å²) in [5.41, 5.74) is 0. The number of nitrogens with one attached hydrogen (secondary N) is 3. The van der Waals surface area contributed by atoms with Crippen molar-refractivity contribution in [1.82, 2.24) is 16.0 Å². The van der Waals surface area contributed by atoms with Crippen LogP contribution in [-0.2, 0) is 10.8 Å². The SMILES string of the molecule is CS(=O)C1CCC(C2CNCC(NCC3CCCS3)N2)CC1. The average Bonchev–Trinajstić information content (AvgIpc) is 3.07. The Kier molecular flexibility index (Phi) is 6.63. The molecule has 4 atom stereocenters. The third-order valence-corrected chi connectivity index (χ3v) is 8.31. The predicted molar refractivity (Wildman–Crippen MR) is 96.9 cm³/mol. The van der Waals surface area contributed by atoms with E-state index in [1.54, 1.807) is 0 Å². The molecule has 0 bridgehead atoms. The molecule has 4 unspecified atom stereocenters. The molecule has 22 heavy (non-hydrogen) atoms. The van der Waals surface area contributed by atoms with Gasteiger partial charge in [0.15, 0.2) is 0 Å². The lowest BCUT2D eigenvalue weighted by Crippen LogP contribution is -2.63. The van der Waals surface area contributed by atoms with Gasteiger partial charge >= 0.3 is 0 Å². The zero-order valence-electron chi connectivity index (χ0n) is 13.7. The molecule has 6 heteroatoms. The Balaban J connectivity index is 1.41. The molecule has 3 aliphatic rings. The van der Waals surface area contributed by atoms with Crippen molar-refractivity contribution >= 4 is 22.6 Å². The number of thioether (sulfide) groups is 1. The topological polar surface area (TPSA) is 53.2 Å². The zero-order valence-corrected chi connectivity index (χ0v) is 15.3. The summed E-state index contributed by atoms with van der Waals surface area (Å²) in [5, 5.41) is 12.4. The van der Waals surface area contributed by atoms with Gasteiger partial charge in [0.2, 0.25) is 0 Å². The Morgan fingerprint density at radius 1 is 1.18 bits per heavy atom. The van der Waals surface area contributed by atoms with Crippen LogP contribution in [0.25, 0.3) is 0 Å². The molecule has 0 aromatic rings. The summed E-state index contributed by atoms with van der Waals surface area (Å²) in [7, 11) is -0.634. The second-order valence-electron chi connectivity index (χ2n) is 7.06. The third kappa shape index (κ3) is 4.69. The van der Waals surface area contributed by atoms with Crippen LogP contribution in [0.3, 0.4) is 0 Å². The molecule has 2 heterocycles. The van der Waals surface area contributed by atoms with E-state index in [0.29, 0.717) is 17.5 Å². The zero-order chi connectivity index (χ0) is 15.4. The summed E-state index contributed by atoms with van der Waals surface area (Å²) in [4.78, 5) is 0. The second-order valence-corrected chi connectivity index (χ2v) is 10.1. The van der Waals surface area contributed by atoms with Crippen molar-refractivity contribution in [2.24, 2.45) is 5.92 Å². The lowest BCUT2D eigenvalue weighted by Gasteiger charge is -2.40. The summed E-state index contributed by atoms with van der Waals surface area (Å²) in [5.74, 6) is 2.09. The molecule has 2 saturated heterocycles. The normalized spacial score (nSPS) is 41.4. The maximum atomic E-state index is 11.6. The summed E-state index contributed by atoms with van der Waals surface area (Å²) in [6.45, 7) is 3.25. The monoisotopic (exact) mass is 345 g/mol. The smallest absolute Gasteiger partial charge is 0.0703 e. The van der Waals surface area contributed by atoms with Crippen molar-refractivity contribution in [3.8, 4) is 0 Å². The first kappa shape index (κ1) is 17.2. The Bertz CT molecular complexity index is 368. The number of piperazine rings is 1. The molecule has 0 aromatic heterocycles. The molecule has 0 radical (unpaired) electrons. The Labute approximate surface area is 141 Å². The lowest BCUT2D eigenvalue weighted by atomic mass is 9.83. The van der Waals surface area contributed by atoms with Crippen LogP contribution in [0.1, 0.15) is 38.5 Å². The van der Waals surface area contributed by atoms with Gasteiger partial charge in [-0.25, -0.2) is 0 Å². The summed E-state index contributed by atoms with van der Waals surface area (Å²) in [6, 6.07) is 0.578. The average molecular weight is 346 g/mol. The molecule has 1 aliphatic carbocycles. The van der Waals surface area contributed by atoms with Gasteiger partial charge in [0.1, 0.15) is 0 Å². The van der Waals surface area contributed by atoms with Gasteiger partial charge < -0.3 is 5.32 Å². The molecule has 0 amide bonds. The summed E-state index contributed by atoms with van der Waals surface area (Å²) >= 11 is 2.12. The molecule has 4 nitrogen and oxygen atoms in total. The highest BCUT2D eigenvalue weighted by atomic mass is 32.2. The summed E-state index contributed by atoms with van der Waals surface area (Å²) in [6.07, 6.45) is 9.79. The highest BCUT2D eigenvalue weighted by Gasteiger charge is 2.32. The lowest BCUT2D eigenvalue weighted by molar-refractivity contribution is 0.203. The van der Waals surface area contributed by atoms with E-state index in [9.17, 15) is 4.21 Å². The molecule has 0 spiro atoms. The molecule has 3 fully saturated rings. The maximum Gasteiger partial charge on any atom is 0.0703 e. The molecule has 0 aromatic carbocycles.